The van der Waals surface area contributed by atoms with Crippen LogP contribution >= 0.6 is 0 Å². The predicted molar refractivity (Wildman–Crippen MR) is 65.6 cm³/mol. The molecule has 2 N–H and O–H groups in total. The second-order valence-corrected chi connectivity index (χ2v) is 4.00. The molecule has 0 amide bonds. The van der Waals surface area contributed by atoms with E-state index in [9.17, 15) is 0 Å². The summed E-state index contributed by atoms with van der Waals surface area (Å²) in [6.45, 7) is 5.43. The summed E-state index contributed by atoms with van der Waals surface area (Å²) in [5.74, 6) is 1.37. The normalized spacial score (nSPS) is 12.9. The Hall–Kier alpha value is -0.940. The summed E-state index contributed by atoms with van der Waals surface area (Å²) in [7, 11) is 0. The molecular weight excluding hydrogens is 218 g/mol. The van der Waals surface area contributed by atoms with E-state index >= 15 is 0 Å². The fraction of sp³-hybridized carbons (Fsp3) is 0.833. The van der Waals surface area contributed by atoms with Crippen molar-refractivity contribution in [2.24, 2.45) is 5.73 Å². The van der Waals surface area contributed by atoms with Gasteiger partial charge in [0.25, 0.3) is 0 Å². The first-order chi connectivity index (χ1) is 8.31. The lowest BCUT2D eigenvalue weighted by Gasteiger charge is -2.09. The average molecular weight is 241 g/mol. The molecule has 17 heavy (non-hydrogen) atoms. The molecule has 98 valence electrons. The lowest BCUT2D eigenvalue weighted by Crippen LogP contribution is -2.05. The number of nitrogens with two attached hydrogens (primary N) is 1. The SMILES string of the molecule is CCOC(CC)c1noc(CCCCCN)n1. The third-order valence-corrected chi connectivity index (χ3v) is 2.61. The third kappa shape index (κ3) is 4.83. The van der Waals surface area contributed by atoms with E-state index in [4.69, 9.17) is 15.0 Å². The number of hydrogen-bond donors (Lipinski definition) is 1. The van der Waals surface area contributed by atoms with Crippen LogP contribution in [0.15, 0.2) is 4.52 Å². The number of unbranched alkanes of at least 4 members (excludes halogenated alkanes) is 2. The Labute approximate surface area is 103 Å². The van der Waals surface area contributed by atoms with Crippen LogP contribution in [-0.2, 0) is 11.2 Å². The van der Waals surface area contributed by atoms with Crippen molar-refractivity contribution in [2.75, 3.05) is 13.2 Å². The van der Waals surface area contributed by atoms with Crippen LogP contribution in [-0.4, -0.2) is 23.3 Å². The van der Waals surface area contributed by atoms with E-state index in [1.165, 1.54) is 0 Å². The van der Waals surface area contributed by atoms with Crippen LogP contribution < -0.4 is 5.73 Å². The minimum absolute atomic E-state index is 0.0402. The van der Waals surface area contributed by atoms with Gasteiger partial charge in [-0.3, -0.25) is 0 Å². The number of aryl methyl sites for hydroxylation is 1. The first kappa shape index (κ1) is 14.1. The molecule has 0 radical (unpaired) electrons. The van der Waals surface area contributed by atoms with E-state index in [0.29, 0.717) is 18.3 Å². The van der Waals surface area contributed by atoms with Gasteiger partial charge in [0.15, 0.2) is 0 Å². The second kappa shape index (κ2) is 8.20. The largest absolute Gasteiger partial charge is 0.370 e. The predicted octanol–water partition coefficient (Wildman–Crippen LogP) is 2.23. The first-order valence-corrected chi connectivity index (χ1v) is 6.45. The van der Waals surface area contributed by atoms with Crippen molar-refractivity contribution in [1.29, 1.82) is 0 Å². The zero-order chi connectivity index (χ0) is 12.5. The summed E-state index contributed by atoms with van der Waals surface area (Å²) in [5.41, 5.74) is 5.44. The van der Waals surface area contributed by atoms with Crippen molar-refractivity contribution >= 4 is 0 Å². The van der Waals surface area contributed by atoms with Gasteiger partial charge < -0.3 is 15.0 Å². The molecule has 0 saturated heterocycles. The van der Waals surface area contributed by atoms with Gasteiger partial charge in [-0.05, 0) is 32.7 Å². The molecule has 1 unspecified atom stereocenters. The molecule has 0 aliphatic heterocycles. The quantitative estimate of drug-likeness (QED) is 0.671. The molecule has 1 aromatic heterocycles. The van der Waals surface area contributed by atoms with Gasteiger partial charge in [-0.2, -0.15) is 4.98 Å². The van der Waals surface area contributed by atoms with Crippen LogP contribution in [0.4, 0.5) is 0 Å². The van der Waals surface area contributed by atoms with Gasteiger partial charge in [0, 0.05) is 13.0 Å². The van der Waals surface area contributed by atoms with Crippen LogP contribution in [0.2, 0.25) is 0 Å². The van der Waals surface area contributed by atoms with E-state index in [2.05, 4.69) is 17.1 Å². The number of rotatable bonds is 9. The van der Waals surface area contributed by atoms with Crippen LogP contribution in [0.5, 0.6) is 0 Å². The Balaban J connectivity index is 2.40. The highest BCUT2D eigenvalue weighted by Gasteiger charge is 2.16. The smallest absolute Gasteiger partial charge is 0.226 e. The molecule has 0 fully saturated rings. The Morgan fingerprint density at radius 2 is 2.12 bits per heavy atom. The maximum atomic E-state index is 5.53. The number of nitrogens with zero attached hydrogens (tertiary/aromatic N) is 2. The van der Waals surface area contributed by atoms with E-state index < -0.39 is 0 Å². The summed E-state index contributed by atoms with van der Waals surface area (Å²) in [6.07, 6.45) is 4.86. The fourth-order valence-corrected chi connectivity index (χ4v) is 1.67. The summed E-state index contributed by atoms with van der Waals surface area (Å²) in [6, 6.07) is 0. The Morgan fingerprint density at radius 3 is 2.76 bits per heavy atom. The summed E-state index contributed by atoms with van der Waals surface area (Å²) >= 11 is 0. The molecule has 0 aliphatic carbocycles. The summed E-state index contributed by atoms with van der Waals surface area (Å²) in [4.78, 5) is 4.36. The molecular formula is C12H23N3O2. The highest BCUT2D eigenvalue weighted by atomic mass is 16.5. The van der Waals surface area contributed by atoms with E-state index in [0.717, 1.165) is 38.6 Å². The summed E-state index contributed by atoms with van der Waals surface area (Å²) in [5, 5.41) is 3.97. The minimum atomic E-state index is -0.0402. The maximum Gasteiger partial charge on any atom is 0.226 e. The zero-order valence-corrected chi connectivity index (χ0v) is 10.8. The molecule has 0 saturated carbocycles. The first-order valence-electron chi connectivity index (χ1n) is 6.45. The topological polar surface area (TPSA) is 74.2 Å². The van der Waals surface area contributed by atoms with Gasteiger partial charge in [-0.25, -0.2) is 0 Å². The van der Waals surface area contributed by atoms with Crippen LogP contribution in [0, 0.1) is 0 Å². The molecule has 0 spiro atoms. The monoisotopic (exact) mass is 241 g/mol. The van der Waals surface area contributed by atoms with E-state index in [1.807, 2.05) is 6.92 Å². The number of hydrogen-bond acceptors (Lipinski definition) is 5. The second-order valence-electron chi connectivity index (χ2n) is 4.00. The van der Waals surface area contributed by atoms with Crippen LogP contribution in [0.3, 0.4) is 0 Å². The highest BCUT2D eigenvalue weighted by molar-refractivity contribution is 4.91. The number of ether oxygens (including phenoxy) is 1. The molecule has 1 rings (SSSR count). The van der Waals surface area contributed by atoms with Crippen molar-refractivity contribution in [2.45, 2.75) is 52.1 Å². The van der Waals surface area contributed by atoms with Gasteiger partial charge >= 0.3 is 0 Å². The van der Waals surface area contributed by atoms with Crippen LogP contribution in [0.25, 0.3) is 0 Å². The molecule has 1 heterocycles. The average Bonchev–Trinajstić information content (AvgIpc) is 2.80. The molecule has 1 atom stereocenters. The highest BCUT2D eigenvalue weighted by Crippen LogP contribution is 2.18. The van der Waals surface area contributed by atoms with Gasteiger partial charge in [-0.15, -0.1) is 0 Å². The lowest BCUT2D eigenvalue weighted by molar-refractivity contribution is 0.0518. The maximum absolute atomic E-state index is 5.53. The Kier molecular flexibility index (Phi) is 6.81. The van der Waals surface area contributed by atoms with E-state index in [1.54, 1.807) is 0 Å². The van der Waals surface area contributed by atoms with Gasteiger partial charge in [0.1, 0.15) is 6.10 Å². The van der Waals surface area contributed by atoms with Gasteiger partial charge in [-0.1, -0.05) is 18.5 Å². The molecule has 0 aliphatic rings. The molecule has 1 aromatic rings. The third-order valence-electron chi connectivity index (χ3n) is 2.61. The standard InChI is InChI=1S/C12H23N3O2/c1-3-10(16-4-2)12-14-11(17-15-12)8-6-5-7-9-13/h10H,3-9,13H2,1-2H3. The number of aromatic nitrogens is 2. The fourth-order valence-electron chi connectivity index (χ4n) is 1.67. The van der Waals surface area contributed by atoms with E-state index in [-0.39, 0.29) is 6.10 Å². The lowest BCUT2D eigenvalue weighted by atomic mass is 10.2. The van der Waals surface area contributed by atoms with Crippen molar-refractivity contribution in [3.05, 3.63) is 11.7 Å². The van der Waals surface area contributed by atoms with Gasteiger partial charge in [0.05, 0.1) is 0 Å². The Bertz CT molecular complexity index is 302. The Morgan fingerprint density at radius 1 is 1.29 bits per heavy atom. The van der Waals surface area contributed by atoms with Crippen LogP contribution in [0.1, 0.15) is 57.3 Å². The minimum Gasteiger partial charge on any atom is -0.370 e. The molecule has 5 heteroatoms. The van der Waals surface area contributed by atoms with Crippen molar-refractivity contribution in [3.63, 3.8) is 0 Å². The van der Waals surface area contributed by atoms with Gasteiger partial charge in [0.2, 0.25) is 11.7 Å². The van der Waals surface area contributed by atoms with Crippen molar-refractivity contribution in [1.82, 2.24) is 10.1 Å². The molecule has 5 nitrogen and oxygen atoms in total. The summed E-state index contributed by atoms with van der Waals surface area (Å²) < 4.78 is 10.7. The van der Waals surface area contributed by atoms with Crippen molar-refractivity contribution < 1.29 is 9.26 Å². The molecule has 0 aromatic carbocycles. The molecule has 0 bridgehead atoms. The van der Waals surface area contributed by atoms with Crippen molar-refractivity contribution in [3.8, 4) is 0 Å². The zero-order valence-electron chi connectivity index (χ0n) is 10.8.